The summed E-state index contributed by atoms with van der Waals surface area (Å²) in [5.74, 6) is 0.476. The SMILES string of the molecule is C=C(C)C(=O)OCC(CCCCCCCCCCCCCC)Oc1ccccc1. The number of para-hydroxylation sites is 1. The third-order valence-corrected chi connectivity index (χ3v) is 5.17. The second-order valence-corrected chi connectivity index (χ2v) is 8.11. The minimum atomic E-state index is -0.346. The van der Waals surface area contributed by atoms with Crippen LogP contribution >= 0.6 is 0 Å². The van der Waals surface area contributed by atoms with E-state index < -0.39 is 0 Å². The van der Waals surface area contributed by atoms with Crippen molar-refractivity contribution >= 4 is 5.97 Å². The number of rotatable bonds is 18. The zero-order valence-corrected chi connectivity index (χ0v) is 18.8. The average molecular weight is 403 g/mol. The highest BCUT2D eigenvalue weighted by Gasteiger charge is 2.14. The van der Waals surface area contributed by atoms with Crippen LogP contribution in [0.2, 0.25) is 0 Å². The van der Waals surface area contributed by atoms with E-state index >= 15 is 0 Å². The van der Waals surface area contributed by atoms with Gasteiger partial charge in [-0.25, -0.2) is 4.79 Å². The first-order valence-corrected chi connectivity index (χ1v) is 11.7. The third kappa shape index (κ3) is 13.9. The van der Waals surface area contributed by atoms with E-state index in [1.54, 1.807) is 6.92 Å². The van der Waals surface area contributed by atoms with Crippen LogP contribution in [0.3, 0.4) is 0 Å². The molecule has 0 N–H and O–H groups in total. The smallest absolute Gasteiger partial charge is 0.333 e. The summed E-state index contributed by atoms with van der Waals surface area (Å²) in [4.78, 5) is 11.7. The molecule has 0 saturated carbocycles. The van der Waals surface area contributed by atoms with Gasteiger partial charge in [0.15, 0.2) is 0 Å². The molecule has 0 radical (unpaired) electrons. The highest BCUT2D eigenvalue weighted by atomic mass is 16.6. The summed E-state index contributed by atoms with van der Waals surface area (Å²) < 4.78 is 11.4. The molecule has 0 amide bonds. The first-order valence-electron chi connectivity index (χ1n) is 11.7. The first-order chi connectivity index (χ1) is 14.1. The van der Waals surface area contributed by atoms with Crippen LogP contribution in [0.15, 0.2) is 42.5 Å². The van der Waals surface area contributed by atoms with Crippen LogP contribution in [0.4, 0.5) is 0 Å². The topological polar surface area (TPSA) is 35.5 Å². The Morgan fingerprint density at radius 1 is 0.862 bits per heavy atom. The van der Waals surface area contributed by atoms with Gasteiger partial charge in [-0.15, -0.1) is 0 Å². The van der Waals surface area contributed by atoms with E-state index in [1.807, 2.05) is 30.3 Å². The maximum atomic E-state index is 11.7. The van der Waals surface area contributed by atoms with Gasteiger partial charge in [0.1, 0.15) is 18.5 Å². The summed E-state index contributed by atoms with van der Waals surface area (Å²) in [6, 6.07) is 9.76. The molecule has 0 bridgehead atoms. The predicted molar refractivity (Wildman–Crippen MR) is 122 cm³/mol. The Bertz CT molecular complexity index is 538. The van der Waals surface area contributed by atoms with Crippen molar-refractivity contribution in [3.63, 3.8) is 0 Å². The highest BCUT2D eigenvalue weighted by Crippen LogP contribution is 2.17. The molecule has 1 unspecified atom stereocenters. The minimum Gasteiger partial charge on any atom is -0.487 e. The fourth-order valence-electron chi connectivity index (χ4n) is 3.37. The highest BCUT2D eigenvalue weighted by molar-refractivity contribution is 5.86. The van der Waals surface area contributed by atoms with Crippen LogP contribution in [0.25, 0.3) is 0 Å². The maximum Gasteiger partial charge on any atom is 0.333 e. The number of carbonyl (C=O) groups is 1. The lowest BCUT2D eigenvalue weighted by molar-refractivity contribution is -0.141. The van der Waals surface area contributed by atoms with Crippen molar-refractivity contribution in [2.75, 3.05) is 6.61 Å². The molecule has 0 spiro atoms. The number of hydrogen-bond acceptors (Lipinski definition) is 3. The number of esters is 1. The molecular weight excluding hydrogens is 360 g/mol. The van der Waals surface area contributed by atoms with Crippen molar-refractivity contribution in [3.8, 4) is 5.75 Å². The van der Waals surface area contributed by atoms with Gasteiger partial charge in [0.05, 0.1) is 0 Å². The molecule has 0 aromatic heterocycles. The number of ether oxygens (including phenoxy) is 2. The van der Waals surface area contributed by atoms with Crippen molar-refractivity contribution in [3.05, 3.63) is 42.5 Å². The molecule has 0 aliphatic heterocycles. The summed E-state index contributed by atoms with van der Waals surface area (Å²) in [5.41, 5.74) is 0.425. The van der Waals surface area contributed by atoms with Crippen LogP contribution in [0.5, 0.6) is 5.75 Å². The Labute approximate surface area is 178 Å². The second-order valence-electron chi connectivity index (χ2n) is 8.11. The molecule has 1 aromatic rings. The van der Waals surface area contributed by atoms with E-state index in [4.69, 9.17) is 9.47 Å². The van der Waals surface area contributed by atoms with E-state index in [2.05, 4.69) is 13.5 Å². The maximum absolute atomic E-state index is 11.7. The van der Waals surface area contributed by atoms with Gasteiger partial charge in [0, 0.05) is 5.57 Å². The molecule has 1 atom stereocenters. The van der Waals surface area contributed by atoms with E-state index in [9.17, 15) is 4.79 Å². The monoisotopic (exact) mass is 402 g/mol. The summed E-state index contributed by atoms with van der Waals surface area (Å²) in [6.45, 7) is 7.85. The summed E-state index contributed by atoms with van der Waals surface area (Å²) in [7, 11) is 0. The zero-order valence-electron chi connectivity index (χ0n) is 18.8. The lowest BCUT2D eigenvalue weighted by Crippen LogP contribution is -2.25. The molecule has 164 valence electrons. The Morgan fingerprint density at radius 3 is 1.90 bits per heavy atom. The van der Waals surface area contributed by atoms with E-state index in [0.717, 1.165) is 18.6 Å². The molecule has 0 heterocycles. The molecule has 1 rings (SSSR count). The fraction of sp³-hybridized carbons (Fsp3) is 0.654. The van der Waals surface area contributed by atoms with Crippen LogP contribution in [0.1, 0.15) is 97.3 Å². The van der Waals surface area contributed by atoms with Crippen LogP contribution in [0, 0.1) is 0 Å². The molecule has 0 saturated heterocycles. The Hall–Kier alpha value is -1.77. The number of hydrogen-bond donors (Lipinski definition) is 0. The van der Waals surface area contributed by atoms with Crippen LogP contribution in [-0.4, -0.2) is 18.7 Å². The lowest BCUT2D eigenvalue weighted by Gasteiger charge is -2.19. The Balaban J connectivity index is 2.16. The molecule has 29 heavy (non-hydrogen) atoms. The van der Waals surface area contributed by atoms with Gasteiger partial charge in [-0.2, -0.15) is 0 Å². The number of benzene rings is 1. The summed E-state index contributed by atoms with van der Waals surface area (Å²) in [5, 5.41) is 0. The van der Waals surface area contributed by atoms with Crippen molar-refractivity contribution in [1.29, 1.82) is 0 Å². The lowest BCUT2D eigenvalue weighted by atomic mass is 10.0. The van der Waals surface area contributed by atoms with Gasteiger partial charge >= 0.3 is 5.97 Å². The Kier molecular flexibility index (Phi) is 14.9. The molecule has 0 aliphatic carbocycles. The predicted octanol–water partition coefficient (Wildman–Crippen LogP) is 7.64. The summed E-state index contributed by atoms with van der Waals surface area (Å²) in [6.07, 6.45) is 16.8. The van der Waals surface area contributed by atoms with Gasteiger partial charge in [0.25, 0.3) is 0 Å². The molecule has 3 heteroatoms. The van der Waals surface area contributed by atoms with Crippen molar-refractivity contribution in [1.82, 2.24) is 0 Å². The number of carbonyl (C=O) groups excluding carboxylic acids is 1. The van der Waals surface area contributed by atoms with E-state index in [-0.39, 0.29) is 18.7 Å². The number of unbranched alkanes of at least 4 members (excludes halogenated alkanes) is 11. The van der Waals surface area contributed by atoms with Gasteiger partial charge in [-0.1, -0.05) is 102 Å². The third-order valence-electron chi connectivity index (χ3n) is 5.17. The largest absolute Gasteiger partial charge is 0.487 e. The van der Waals surface area contributed by atoms with Gasteiger partial charge in [-0.3, -0.25) is 0 Å². The summed E-state index contributed by atoms with van der Waals surface area (Å²) >= 11 is 0. The first kappa shape index (κ1) is 25.3. The van der Waals surface area contributed by atoms with E-state index in [1.165, 1.54) is 70.6 Å². The second kappa shape index (κ2) is 17.1. The molecule has 1 aromatic carbocycles. The van der Waals surface area contributed by atoms with Crippen molar-refractivity contribution in [2.45, 2.75) is 103 Å². The fourth-order valence-corrected chi connectivity index (χ4v) is 3.37. The van der Waals surface area contributed by atoms with Gasteiger partial charge in [-0.05, 0) is 31.9 Å². The standard InChI is InChI=1S/C26H42O3/c1-4-5-6-7-8-9-10-11-12-13-14-16-21-25(22-28-26(27)23(2)3)29-24-19-17-15-18-20-24/h15,17-20,25H,2,4-14,16,21-22H2,1,3H3. The minimum absolute atomic E-state index is 0.108. The van der Waals surface area contributed by atoms with Crippen LogP contribution < -0.4 is 4.74 Å². The van der Waals surface area contributed by atoms with Crippen molar-refractivity contribution < 1.29 is 14.3 Å². The van der Waals surface area contributed by atoms with Gasteiger partial charge < -0.3 is 9.47 Å². The molecule has 0 fully saturated rings. The molecule has 3 nitrogen and oxygen atoms in total. The molecule has 0 aliphatic rings. The van der Waals surface area contributed by atoms with Gasteiger partial charge in [0.2, 0.25) is 0 Å². The van der Waals surface area contributed by atoms with Crippen molar-refractivity contribution in [2.24, 2.45) is 0 Å². The quantitative estimate of drug-likeness (QED) is 0.144. The molecular formula is C26H42O3. The van der Waals surface area contributed by atoms with E-state index in [0.29, 0.717) is 5.57 Å². The average Bonchev–Trinajstić information content (AvgIpc) is 2.73. The Morgan fingerprint density at radius 2 is 1.38 bits per heavy atom. The zero-order chi connectivity index (χ0) is 21.2. The van der Waals surface area contributed by atoms with Crippen LogP contribution in [-0.2, 0) is 9.53 Å². The normalized spacial score (nSPS) is 11.8.